The first-order chi connectivity index (χ1) is 7.27. The Morgan fingerprint density at radius 3 is 2.87 bits per heavy atom. The molecular formula is C11H12N2O2. The second-order valence-electron chi connectivity index (χ2n) is 3.58. The predicted octanol–water partition coefficient (Wildman–Crippen LogP) is 0.425. The molecule has 0 aliphatic carbocycles. The molecule has 15 heavy (non-hydrogen) atoms. The molecule has 1 fully saturated rings. The number of amides is 1. The highest BCUT2D eigenvalue weighted by Gasteiger charge is 2.28. The van der Waals surface area contributed by atoms with Crippen LogP contribution in [0.3, 0.4) is 0 Å². The van der Waals surface area contributed by atoms with Crippen molar-refractivity contribution in [3.63, 3.8) is 0 Å². The monoisotopic (exact) mass is 204 g/mol. The number of pyridine rings is 1. The Morgan fingerprint density at radius 2 is 2.27 bits per heavy atom. The Kier molecular flexibility index (Phi) is 2.76. The van der Waals surface area contributed by atoms with Gasteiger partial charge in [0.15, 0.2) is 0 Å². The standard InChI is InChI=1S/C11H12N2O2/c14-10-4-7-13(11(10)15)6-3-9-2-1-5-12-8-9/h1-2,5,8H,3-4,6-7H2. The van der Waals surface area contributed by atoms with Gasteiger partial charge in [-0.3, -0.25) is 14.6 Å². The zero-order valence-electron chi connectivity index (χ0n) is 8.35. The van der Waals surface area contributed by atoms with E-state index in [1.54, 1.807) is 17.3 Å². The lowest BCUT2D eigenvalue weighted by Gasteiger charge is -2.13. The van der Waals surface area contributed by atoms with Gasteiger partial charge >= 0.3 is 0 Å². The summed E-state index contributed by atoms with van der Waals surface area (Å²) in [5.41, 5.74) is 1.09. The summed E-state index contributed by atoms with van der Waals surface area (Å²) in [5.74, 6) is -0.597. The van der Waals surface area contributed by atoms with Gasteiger partial charge in [0, 0.05) is 31.9 Å². The van der Waals surface area contributed by atoms with Crippen LogP contribution in [0.1, 0.15) is 12.0 Å². The van der Waals surface area contributed by atoms with Crippen molar-refractivity contribution in [1.29, 1.82) is 0 Å². The second-order valence-corrected chi connectivity index (χ2v) is 3.58. The van der Waals surface area contributed by atoms with Crippen LogP contribution in [0.15, 0.2) is 24.5 Å². The largest absolute Gasteiger partial charge is 0.335 e. The molecule has 1 saturated heterocycles. The second kappa shape index (κ2) is 4.21. The Morgan fingerprint density at radius 1 is 1.40 bits per heavy atom. The van der Waals surface area contributed by atoms with E-state index in [2.05, 4.69) is 4.98 Å². The number of rotatable bonds is 3. The van der Waals surface area contributed by atoms with Crippen LogP contribution in [0.4, 0.5) is 0 Å². The van der Waals surface area contributed by atoms with Gasteiger partial charge in [-0.2, -0.15) is 0 Å². The molecule has 0 spiro atoms. The zero-order valence-corrected chi connectivity index (χ0v) is 8.35. The molecule has 4 heteroatoms. The van der Waals surface area contributed by atoms with Crippen molar-refractivity contribution in [2.75, 3.05) is 13.1 Å². The Balaban J connectivity index is 1.89. The summed E-state index contributed by atoms with van der Waals surface area (Å²) in [6.45, 7) is 1.17. The van der Waals surface area contributed by atoms with E-state index in [0.717, 1.165) is 12.0 Å². The number of aromatic nitrogens is 1. The fraction of sp³-hybridized carbons (Fsp3) is 0.364. The third-order valence-corrected chi connectivity index (χ3v) is 2.53. The fourth-order valence-electron chi connectivity index (χ4n) is 1.64. The molecule has 0 aromatic carbocycles. The first-order valence-corrected chi connectivity index (χ1v) is 4.98. The molecule has 2 heterocycles. The zero-order chi connectivity index (χ0) is 10.7. The number of nitrogens with zero attached hydrogens (tertiary/aromatic N) is 2. The molecule has 2 rings (SSSR count). The van der Waals surface area contributed by atoms with E-state index in [1.165, 1.54) is 0 Å². The van der Waals surface area contributed by atoms with Crippen molar-refractivity contribution in [2.24, 2.45) is 0 Å². The predicted molar refractivity (Wildman–Crippen MR) is 54.1 cm³/mol. The van der Waals surface area contributed by atoms with Gasteiger partial charge in [-0.05, 0) is 18.1 Å². The summed E-state index contributed by atoms with van der Waals surface area (Å²) in [6, 6.07) is 3.83. The molecule has 0 saturated carbocycles. The van der Waals surface area contributed by atoms with Crippen molar-refractivity contribution in [3.05, 3.63) is 30.1 Å². The highest BCUT2D eigenvalue weighted by molar-refractivity contribution is 6.37. The smallest absolute Gasteiger partial charge is 0.290 e. The van der Waals surface area contributed by atoms with Crippen LogP contribution in [-0.4, -0.2) is 34.7 Å². The number of likely N-dealkylation sites (tertiary alicyclic amines) is 1. The van der Waals surface area contributed by atoms with Crippen LogP contribution in [0.25, 0.3) is 0 Å². The van der Waals surface area contributed by atoms with Gasteiger partial charge < -0.3 is 4.90 Å². The van der Waals surface area contributed by atoms with Gasteiger partial charge in [0.05, 0.1) is 0 Å². The van der Waals surface area contributed by atoms with E-state index in [-0.39, 0.29) is 11.7 Å². The van der Waals surface area contributed by atoms with Crippen molar-refractivity contribution in [2.45, 2.75) is 12.8 Å². The van der Waals surface area contributed by atoms with Crippen LogP contribution in [0.5, 0.6) is 0 Å². The third kappa shape index (κ3) is 2.21. The van der Waals surface area contributed by atoms with Crippen LogP contribution in [0.2, 0.25) is 0 Å². The molecule has 1 aliphatic heterocycles. The normalized spacial score (nSPS) is 16.1. The van der Waals surface area contributed by atoms with Gasteiger partial charge in [0.2, 0.25) is 5.78 Å². The topological polar surface area (TPSA) is 50.3 Å². The first-order valence-electron chi connectivity index (χ1n) is 4.98. The number of carbonyl (C=O) groups is 2. The van der Waals surface area contributed by atoms with Gasteiger partial charge in [0.1, 0.15) is 0 Å². The number of carbonyl (C=O) groups excluding carboxylic acids is 2. The summed E-state index contributed by atoms with van der Waals surface area (Å²) in [7, 11) is 0. The summed E-state index contributed by atoms with van der Waals surface area (Å²) >= 11 is 0. The average Bonchev–Trinajstić information content (AvgIpc) is 2.59. The highest BCUT2D eigenvalue weighted by Crippen LogP contribution is 2.07. The minimum atomic E-state index is -0.334. The lowest BCUT2D eigenvalue weighted by Crippen LogP contribution is -2.29. The number of hydrogen-bond acceptors (Lipinski definition) is 3. The van der Waals surface area contributed by atoms with Crippen LogP contribution in [-0.2, 0) is 16.0 Å². The average molecular weight is 204 g/mol. The number of ketones is 1. The van der Waals surface area contributed by atoms with E-state index in [1.807, 2.05) is 12.1 Å². The molecule has 78 valence electrons. The van der Waals surface area contributed by atoms with Gasteiger partial charge in [-0.25, -0.2) is 0 Å². The van der Waals surface area contributed by atoms with Crippen molar-refractivity contribution in [3.8, 4) is 0 Å². The molecule has 0 unspecified atom stereocenters. The maximum atomic E-state index is 11.3. The Labute approximate surface area is 87.9 Å². The maximum Gasteiger partial charge on any atom is 0.290 e. The van der Waals surface area contributed by atoms with Gasteiger partial charge in [-0.15, -0.1) is 0 Å². The molecule has 1 amide bonds. The SMILES string of the molecule is O=C1CCN(CCc2cccnc2)C1=O. The number of hydrogen-bond donors (Lipinski definition) is 0. The summed E-state index contributed by atoms with van der Waals surface area (Å²) in [6.07, 6.45) is 4.62. The molecule has 0 atom stereocenters. The third-order valence-electron chi connectivity index (χ3n) is 2.53. The molecular weight excluding hydrogens is 192 g/mol. The van der Waals surface area contributed by atoms with Crippen molar-refractivity contribution < 1.29 is 9.59 Å². The molecule has 1 aromatic heterocycles. The first kappa shape index (κ1) is 9.83. The van der Waals surface area contributed by atoms with E-state index in [4.69, 9.17) is 0 Å². The van der Waals surface area contributed by atoms with E-state index >= 15 is 0 Å². The molecule has 0 bridgehead atoms. The summed E-state index contributed by atoms with van der Waals surface area (Å²) in [4.78, 5) is 27.9. The van der Waals surface area contributed by atoms with Crippen LogP contribution in [0, 0.1) is 0 Å². The van der Waals surface area contributed by atoms with Gasteiger partial charge in [0.25, 0.3) is 5.91 Å². The molecule has 0 N–H and O–H groups in total. The van der Waals surface area contributed by atoms with E-state index < -0.39 is 0 Å². The summed E-state index contributed by atoms with van der Waals surface area (Å²) in [5, 5.41) is 0. The Bertz CT molecular complexity index is 375. The lowest BCUT2D eigenvalue weighted by atomic mass is 10.2. The molecule has 0 radical (unpaired) electrons. The Hall–Kier alpha value is -1.71. The van der Waals surface area contributed by atoms with Gasteiger partial charge in [-0.1, -0.05) is 6.07 Å². The van der Waals surface area contributed by atoms with Crippen molar-refractivity contribution >= 4 is 11.7 Å². The lowest BCUT2D eigenvalue weighted by molar-refractivity contribution is -0.139. The maximum absolute atomic E-state index is 11.3. The van der Waals surface area contributed by atoms with Crippen molar-refractivity contribution in [1.82, 2.24) is 9.88 Å². The van der Waals surface area contributed by atoms with E-state index in [9.17, 15) is 9.59 Å². The highest BCUT2D eigenvalue weighted by atomic mass is 16.2. The number of Topliss-reactive ketones (excluding diaryl/α,β-unsaturated/α-hetero) is 1. The summed E-state index contributed by atoms with van der Waals surface area (Å²) < 4.78 is 0. The molecule has 4 nitrogen and oxygen atoms in total. The quantitative estimate of drug-likeness (QED) is 0.671. The minimum absolute atomic E-state index is 0.263. The fourth-order valence-corrected chi connectivity index (χ4v) is 1.64. The molecule has 1 aromatic rings. The van der Waals surface area contributed by atoms with E-state index in [0.29, 0.717) is 19.5 Å². The van der Waals surface area contributed by atoms with Crippen LogP contribution < -0.4 is 0 Å². The molecule has 1 aliphatic rings. The van der Waals surface area contributed by atoms with Crippen LogP contribution >= 0.6 is 0 Å². The minimum Gasteiger partial charge on any atom is -0.335 e.